The third-order valence-corrected chi connectivity index (χ3v) is 8.02. The summed E-state index contributed by atoms with van der Waals surface area (Å²) in [7, 11) is 0. The van der Waals surface area contributed by atoms with Crippen LogP contribution in [-0.4, -0.2) is 54.8 Å². The Labute approximate surface area is 221 Å². The van der Waals surface area contributed by atoms with Crippen molar-refractivity contribution in [3.63, 3.8) is 0 Å². The first kappa shape index (κ1) is 23.3. The topological polar surface area (TPSA) is 111 Å². The van der Waals surface area contributed by atoms with E-state index in [1.165, 1.54) is 50.5 Å². The number of hydrogen-bond donors (Lipinski definition) is 3. The van der Waals surface area contributed by atoms with Gasteiger partial charge in [-0.2, -0.15) is 5.10 Å². The summed E-state index contributed by atoms with van der Waals surface area (Å²) in [6.07, 6.45) is 14.8. The summed E-state index contributed by atoms with van der Waals surface area (Å²) in [6, 6.07) is 8.30. The van der Waals surface area contributed by atoms with Gasteiger partial charge in [-0.25, -0.2) is 15.0 Å². The van der Waals surface area contributed by atoms with Crippen LogP contribution >= 0.6 is 0 Å². The zero-order chi connectivity index (χ0) is 25.3. The molecule has 1 saturated heterocycles. The zero-order valence-corrected chi connectivity index (χ0v) is 21.6. The number of H-pyrrole nitrogens is 2. The first-order chi connectivity index (χ1) is 18.8. The Balaban J connectivity index is 1.18. The first-order valence-electron chi connectivity index (χ1n) is 13.9. The number of aromatic amines is 2. The van der Waals surface area contributed by atoms with Gasteiger partial charge < -0.3 is 15.2 Å². The molecule has 2 fully saturated rings. The van der Waals surface area contributed by atoms with Crippen LogP contribution in [0.2, 0.25) is 0 Å². The highest BCUT2D eigenvalue weighted by Gasteiger charge is 2.20. The summed E-state index contributed by atoms with van der Waals surface area (Å²) in [5.41, 5.74) is 8.19. The second kappa shape index (κ2) is 10.1. The third-order valence-electron chi connectivity index (χ3n) is 8.02. The number of fused-ring (bicyclic) bond motifs is 2. The molecule has 0 bridgehead atoms. The average molecular weight is 508 g/mol. The van der Waals surface area contributed by atoms with Crippen LogP contribution in [0.25, 0.3) is 45.0 Å². The van der Waals surface area contributed by atoms with E-state index in [0.717, 1.165) is 71.2 Å². The fraction of sp³-hybridized carbons (Fsp3) is 0.414. The second-order valence-corrected chi connectivity index (χ2v) is 10.7. The van der Waals surface area contributed by atoms with Gasteiger partial charge in [0.05, 0.1) is 16.9 Å². The Morgan fingerprint density at radius 2 is 1.84 bits per heavy atom. The summed E-state index contributed by atoms with van der Waals surface area (Å²) in [5, 5.41) is 11.3. The van der Waals surface area contributed by atoms with Gasteiger partial charge in [0.15, 0.2) is 17.2 Å². The van der Waals surface area contributed by atoms with Crippen LogP contribution in [0.5, 0.6) is 0 Å². The molecule has 9 heteroatoms. The van der Waals surface area contributed by atoms with Crippen LogP contribution in [0.15, 0.2) is 42.9 Å². The Kier molecular flexibility index (Phi) is 6.21. The molecule has 1 aliphatic heterocycles. The molecule has 5 aromatic heterocycles. The number of piperidine rings is 1. The standard InChI is InChI=1S/C29H33N9/c1-4-12-38(13-5-1)24-10-11-32-28-26(24)34-29(35-28)27-25-23(36-37-27)9-8-22(33-25)21-14-20(17-31-18-21)16-30-15-19-6-2-3-7-19/h8-11,14,17-19,30H,1-7,12-13,15-16H2,(H,36,37)(H,32,34,35). The average Bonchev–Trinajstić information content (AvgIpc) is 3.73. The van der Waals surface area contributed by atoms with E-state index in [4.69, 9.17) is 9.97 Å². The second-order valence-electron chi connectivity index (χ2n) is 10.7. The van der Waals surface area contributed by atoms with Crippen molar-refractivity contribution in [2.45, 2.75) is 51.5 Å². The normalized spacial score (nSPS) is 16.7. The van der Waals surface area contributed by atoms with Crippen LogP contribution in [0.4, 0.5) is 5.69 Å². The van der Waals surface area contributed by atoms with E-state index in [1.54, 1.807) is 0 Å². The van der Waals surface area contributed by atoms with E-state index in [0.29, 0.717) is 11.5 Å². The molecule has 9 nitrogen and oxygen atoms in total. The van der Waals surface area contributed by atoms with Crippen molar-refractivity contribution in [2.75, 3.05) is 24.5 Å². The number of anilines is 1. The van der Waals surface area contributed by atoms with Crippen LogP contribution in [0.1, 0.15) is 50.5 Å². The number of nitrogens with zero attached hydrogens (tertiary/aromatic N) is 6. The van der Waals surface area contributed by atoms with Crippen molar-refractivity contribution in [3.8, 4) is 22.8 Å². The van der Waals surface area contributed by atoms with Gasteiger partial charge in [0, 0.05) is 43.8 Å². The maximum Gasteiger partial charge on any atom is 0.162 e. The Bertz CT molecular complexity index is 1560. The Morgan fingerprint density at radius 3 is 2.74 bits per heavy atom. The molecule has 1 aliphatic carbocycles. The molecule has 0 atom stereocenters. The summed E-state index contributed by atoms with van der Waals surface area (Å²) in [4.78, 5) is 24.8. The molecule has 2 aliphatic rings. The van der Waals surface area contributed by atoms with Crippen molar-refractivity contribution in [1.29, 1.82) is 0 Å². The molecule has 0 amide bonds. The van der Waals surface area contributed by atoms with Gasteiger partial charge in [0.1, 0.15) is 11.0 Å². The molecule has 7 rings (SSSR count). The SMILES string of the molecule is c1cc(N2CCCCC2)c2nc(-c3n[nH]c4ccc(-c5cncc(CNCC6CCCC6)c5)nc34)[nH]c2n1. The maximum absolute atomic E-state index is 5.00. The highest BCUT2D eigenvalue weighted by Crippen LogP contribution is 2.31. The minimum Gasteiger partial charge on any atom is -0.370 e. The highest BCUT2D eigenvalue weighted by molar-refractivity contribution is 5.93. The summed E-state index contributed by atoms with van der Waals surface area (Å²) >= 11 is 0. The van der Waals surface area contributed by atoms with Gasteiger partial charge in [-0.15, -0.1) is 0 Å². The molecule has 5 aromatic rings. The molecule has 194 valence electrons. The van der Waals surface area contributed by atoms with Gasteiger partial charge >= 0.3 is 0 Å². The lowest BCUT2D eigenvalue weighted by Gasteiger charge is -2.28. The maximum atomic E-state index is 5.00. The molecule has 6 heterocycles. The Hall–Kier alpha value is -3.85. The van der Waals surface area contributed by atoms with Gasteiger partial charge in [-0.05, 0) is 74.4 Å². The van der Waals surface area contributed by atoms with Crippen LogP contribution in [0.3, 0.4) is 0 Å². The molecule has 1 saturated carbocycles. The minimum atomic E-state index is 0.677. The summed E-state index contributed by atoms with van der Waals surface area (Å²) < 4.78 is 0. The number of imidazole rings is 1. The van der Waals surface area contributed by atoms with E-state index < -0.39 is 0 Å². The van der Waals surface area contributed by atoms with Crippen LogP contribution < -0.4 is 10.2 Å². The van der Waals surface area contributed by atoms with Gasteiger partial charge in [-0.1, -0.05) is 12.8 Å². The largest absolute Gasteiger partial charge is 0.370 e. The van der Waals surface area contributed by atoms with E-state index in [1.807, 2.05) is 30.7 Å². The van der Waals surface area contributed by atoms with E-state index in [9.17, 15) is 0 Å². The molecule has 0 unspecified atom stereocenters. The first-order valence-corrected chi connectivity index (χ1v) is 13.9. The molecule has 0 radical (unpaired) electrons. The Morgan fingerprint density at radius 1 is 0.947 bits per heavy atom. The van der Waals surface area contributed by atoms with Crippen LogP contribution in [0, 0.1) is 5.92 Å². The summed E-state index contributed by atoms with van der Waals surface area (Å²) in [6.45, 7) is 4.02. The van der Waals surface area contributed by atoms with Gasteiger partial charge in [-0.3, -0.25) is 10.1 Å². The van der Waals surface area contributed by atoms with Crippen molar-refractivity contribution in [3.05, 3.63) is 48.4 Å². The fourth-order valence-corrected chi connectivity index (χ4v) is 5.98. The van der Waals surface area contributed by atoms with E-state index in [2.05, 4.69) is 47.5 Å². The number of pyridine rings is 3. The third kappa shape index (κ3) is 4.51. The molecule has 0 spiro atoms. The molecule has 3 N–H and O–H groups in total. The van der Waals surface area contributed by atoms with Gasteiger partial charge in [0.2, 0.25) is 0 Å². The molecule has 38 heavy (non-hydrogen) atoms. The van der Waals surface area contributed by atoms with Crippen molar-refractivity contribution < 1.29 is 0 Å². The minimum absolute atomic E-state index is 0.677. The number of aromatic nitrogens is 7. The van der Waals surface area contributed by atoms with E-state index >= 15 is 0 Å². The predicted octanol–water partition coefficient (Wildman–Crippen LogP) is 5.23. The lowest BCUT2D eigenvalue weighted by atomic mass is 10.1. The number of nitrogens with one attached hydrogen (secondary N) is 3. The quantitative estimate of drug-likeness (QED) is 0.277. The summed E-state index contributed by atoms with van der Waals surface area (Å²) in [5.74, 6) is 1.50. The molecule has 0 aromatic carbocycles. The van der Waals surface area contributed by atoms with Gasteiger partial charge in [0.25, 0.3) is 0 Å². The smallest absolute Gasteiger partial charge is 0.162 e. The lowest BCUT2D eigenvalue weighted by Crippen LogP contribution is -2.29. The number of hydrogen-bond acceptors (Lipinski definition) is 7. The fourth-order valence-electron chi connectivity index (χ4n) is 5.98. The molecular formula is C29H33N9. The molecular weight excluding hydrogens is 474 g/mol. The highest BCUT2D eigenvalue weighted by atomic mass is 15.2. The zero-order valence-electron chi connectivity index (χ0n) is 21.6. The number of rotatable bonds is 7. The van der Waals surface area contributed by atoms with Crippen LogP contribution in [-0.2, 0) is 6.54 Å². The lowest BCUT2D eigenvalue weighted by molar-refractivity contribution is 0.489. The monoisotopic (exact) mass is 507 g/mol. The van der Waals surface area contributed by atoms with E-state index in [-0.39, 0.29) is 0 Å². The van der Waals surface area contributed by atoms with Crippen molar-refractivity contribution in [2.24, 2.45) is 5.92 Å². The van der Waals surface area contributed by atoms with Crippen molar-refractivity contribution in [1.82, 2.24) is 40.4 Å². The predicted molar refractivity (Wildman–Crippen MR) is 150 cm³/mol. The van der Waals surface area contributed by atoms with Crippen molar-refractivity contribution >= 4 is 27.9 Å².